The molecule has 1 aromatic rings. The van der Waals surface area contributed by atoms with Crippen LogP contribution in [0.15, 0.2) is 12.1 Å². The molecule has 1 atom stereocenters. The van der Waals surface area contributed by atoms with Gasteiger partial charge in [0.05, 0.1) is 0 Å². The molecule has 0 aliphatic heterocycles. The summed E-state index contributed by atoms with van der Waals surface area (Å²) in [6.07, 6.45) is 1.18. The molecule has 3 nitrogen and oxygen atoms in total. The van der Waals surface area contributed by atoms with E-state index in [0.717, 1.165) is 12.2 Å². The van der Waals surface area contributed by atoms with E-state index < -0.39 is 0 Å². The molecule has 1 saturated carbocycles. The van der Waals surface area contributed by atoms with Crippen LogP contribution in [0.25, 0.3) is 0 Å². The first-order chi connectivity index (χ1) is 9.09. The van der Waals surface area contributed by atoms with Gasteiger partial charge in [0.1, 0.15) is 5.15 Å². The lowest BCUT2D eigenvalue weighted by atomic mass is 9.91. The molecular weight excluding hydrogens is 272 g/mol. The molecule has 2 rings (SSSR count). The Kier molecular flexibility index (Phi) is 3.85. The number of carbonyl (C=O) groups is 1. The van der Waals surface area contributed by atoms with E-state index in [-0.39, 0.29) is 11.3 Å². The molecule has 1 heterocycles. The number of nitrogens with one attached hydrogen (secondary N) is 1. The summed E-state index contributed by atoms with van der Waals surface area (Å²) in [5.41, 5.74) is 1.67. The van der Waals surface area contributed by atoms with E-state index in [4.69, 9.17) is 11.6 Å². The molecule has 20 heavy (non-hydrogen) atoms. The number of hydrogen-bond donors (Lipinski definition) is 1. The Hall–Kier alpha value is -1.09. The van der Waals surface area contributed by atoms with Gasteiger partial charge in [0.2, 0.25) is 0 Å². The Morgan fingerprint density at radius 2 is 2.05 bits per heavy atom. The highest BCUT2D eigenvalue weighted by Crippen LogP contribution is 2.50. The molecule has 0 spiro atoms. The molecule has 0 aromatic carbocycles. The zero-order chi connectivity index (χ0) is 15.1. The maximum absolute atomic E-state index is 12.2. The number of nitrogens with zero attached hydrogens (tertiary/aromatic N) is 1. The topological polar surface area (TPSA) is 42.0 Å². The smallest absolute Gasteiger partial charge is 0.251 e. The third-order valence-corrected chi connectivity index (χ3v) is 4.24. The van der Waals surface area contributed by atoms with Crippen LogP contribution < -0.4 is 5.32 Å². The van der Waals surface area contributed by atoms with Crippen LogP contribution >= 0.6 is 11.6 Å². The standard InChI is InChI=1S/C16H23ClN2O/c1-15(2,3)12-6-10(7-13(17)19-12)14(20)18-9-11-8-16(11,4)5/h6-7,11H,8-9H2,1-5H3,(H,18,20). The molecular formula is C16H23ClN2O. The van der Waals surface area contributed by atoms with Crippen LogP contribution in [0.5, 0.6) is 0 Å². The number of rotatable bonds is 3. The van der Waals surface area contributed by atoms with Gasteiger partial charge in [0, 0.05) is 23.2 Å². The fourth-order valence-corrected chi connectivity index (χ4v) is 2.46. The van der Waals surface area contributed by atoms with E-state index in [0.29, 0.717) is 22.0 Å². The van der Waals surface area contributed by atoms with Crippen LogP contribution in [-0.4, -0.2) is 17.4 Å². The Labute approximate surface area is 126 Å². The molecule has 1 amide bonds. The molecule has 0 radical (unpaired) electrons. The highest BCUT2D eigenvalue weighted by atomic mass is 35.5. The SMILES string of the molecule is CC(C)(C)c1cc(C(=O)NCC2CC2(C)C)cc(Cl)n1. The van der Waals surface area contributed by atoms with Gasteiger partial charge in [-0.1, -0.05) is 46.2 Å². The molecule has 1 unspecified atom stereocenters. The van der Waals surface area contributed by atoms with Gasteiger partial charge in [0.15, 0.2) is 0 Å². The van der Waals surface area contributed by atoms with Crippen LogP contribution in [0.3, 0.4) is 0 Å². The number of hydrogen-bond acceptors (Lipinski definition) is 2. The summed E-state index contributed by atoms with van der Waals surface area (Å²) >= 11 is 6.03. The van der Waals surface area contributed by atoms with Crippen molar-refractivity contribution in [2.75, 3.05) is 6.54 Å². The second-order valence-corrected chi connectivity index (χ2v) is 7.80. The average Bonchev–Trinajstić information content (AvgIpc) is 2.92. The van der Waals surface area contributed by atoms with E-state index in [1.54, 1.807) is 6.07 Å². The first kappa shape index (κ1) is 15.3. The average molecular weight is 295 g/mol. The summed E-state index contributed by atoms with van der Waals surface area (Å²) in [6, 6.07) is 3.46. The van der Waals surface area contributed by atoms with Crippen LogP contribution in [0, 0.1) is 11.3 Å². The summed E-state index contributed by atoms with van der Waals surface area (Å²) in [7, 11) is 0. The van der Waals surface area contributed by atoms with Crippen LogP contribution in [0.1, 0.15) is 57.1 Å². The van der Waals surface area contributed by atoms with Crippen LogP contribution in [0.2, 0.25) is 5.15 Å². The molecule has 0 saturated heterocycles. The van der Waals surface area contributed by atoms with Gasteiger partial charge in [-0.2, -0.15) is 0 Å². The quantitative estimate of drug-likeness (QED) is 0.861. The highest BCUT2D eigenvalue weighted by Gasteiger charge is 2.45. The minimum atomic E-state index is -0.127. The zero-order valence-electron chi connectivity index (χ0n) is 12.9. The van der Waals surface area contributed by atoms with Gasteiger partial charge in [-0.25, -0.2) is 4.98 Å². The van der Waals surface area contributed by atoms with Gasteiger partial charge >= 0.3 is 0 Å². The molecule has 4 heteroatoms. The van der Waals surface area contributed by atoms with Gasteiger partial charge in [-0.3, -0.25) is 4.79 Å². The summed E-state index contributed by atoms with van der Waals surface area (Å²) in [4.78, 5) is 16.5. The van der Waals surface area contributed by atoms with Crippen molar-refractivity contribution in [3.63, 3.8) is 0 Å². The summed E-state index contributed by atoms with van der Waals surface area (Å²) in [6.45, 7) is 11.4. The van der Waals surface area contributed by atoms with Gasteiger partial charge in [-0.15, -0.1) is 0 Å². The first-order valence-electron chi connectivity index (χ1n) is 7.06. The largest absolute Gasteiger partial charge is 0.352 e. The lowest BCUT2D eigenvalue weighted by molar-refractivity contribution is 0.0950. The molecule has 1 fully saturated rings. The van der Waals surface area contributed by atoms with Crippen molar-refractivity contribution in [1.29, 1.82) is 0 Å². The van der Waals surface area contributed by atoms with Crippen molar-refractivity contribution in [3.8, 4) is 0 Å². The predicted octanol–water partition coefficient (Wildman–Crippen LogP) is 3.81. The number of pyridine rings is 1. The molecule has 1 aromatic heterocycles. The summed E-state index contributed by atoms with van der Waals surface area (Å²) < 4.78 is 0. The Morgan fingerprint density at radius 1 is 1.45 bits per heavy atom. The normalized spacial score (nSPS) is 20.6. The maximum atomic E-state index is 12.2. The number of halogens is 1. The summed E-state index contributed by atoms with van der Waals surface area (Å²) in [5, 5.41) is 3.37. The number of amides is 1. The van der Waals surface area contributed by atoms with E-state index in [2.05, 4.69) is 44.9 Å². The number of carbonyl (C=O) groups excluding carboxylic acids is 1. The second-order valence-electron chi connectivity index (χ2n) is 7.41. The van der Waals surface area contributed by atoms with Crippen molar-refractivity contribution < 1.29 is 4.79 Å². The molecule has 1 N–H and O–H groups in total. The third kappa shape index (κ3) is 3.51. The van der Waals surface area contributed by atoms with Crippen molar-refractivity contribution in [1.82, 2.24) is 10.3 Å². The highest BCUT2D eigenvalue weighted by molar-refractivity contribution is 6.29. The number of aromatic nitrogens is 1. The predicted molar refractivity (Wildman–Crippen MR) is 82.2 cm³/mol. The minimum absolute atomic E-state index is 0.0671. The van der Waals surface area contributed by atoms with Crippen molar-refractivity contribution in [2.45, 2.75) is 46.5 Å². The van der Waals surface area contributed by atoms with Crippen LogP contribution in [0.4, 0.5) is 0 Å². The molecule has 1 aliphatic carbocycles. The van der Waals surface area contributed by atoms with E-state index in [1.807, 2.05) is 6.07 Å². The van der Waals surface area contributed by atoms with E-state index in [1.165, 1.54) is 6.42 Å². The third-order valence-electron chi connectivity index (χ3n) is 4.05. The second kappa shape index (κ2) is 5.03. The summed E-state index contributed by atoms with van der Waals surface area (Å²) in [5.74, 6) is 0.522. The lowest BCUT2D eigenvalue weighted by Gasteiger charge is -2.18. The zero-order valence-corrected chi connectivity index (χ0v) is 13.6. The molecule has 110 valence electrons. The molecule has 1 aliphatic rings. The van der Waals surface area contributed by atoms with Crippen molar-refractivity contribution in [3.05, 3.63) is 28.5 Å². The first-order valence-corrected chi connectivity index (χ1v) is 7.44. The lowest BCUT2D eigenvalue weighted by Crippen LogP contribution is -2.27. The fraction of sp³-hybridized carbons (Fsp3) is 0.625. The van der Waals surface area contributed by atoms with E-state index >= 15 is 0 Å². The van der Waals surface area contributed by atoms with Gasteiger partial charge in [-0.05, 0) is 29.9 Å². The minimum Gasteiger partial charge on any atom is -0.352 e. The van der Waals surface area contributed by atoms with Crippen molar-refractivity contribution >= 4 is 17.5 Å². The Balaban J connectivity index is 2.08. The monoisotopic (exact) mass is 294 g/mol. The van der Waals surface area contributed by atoms with Gasteiger partial charge in [0.25, 0.3) is 5.91 Å². The van der Waals surface area contributed by atoms with E-state index in [9.17, 15) is 4.79 Å². The maximum Gasteiger partial charge on any atom is 0.251 e. The molecule has 0 bridgehead atoms. The van der Waals surface area contributed by atoms with Gasteiger partial charge < -0.3 is 5.32 Å². The Bertz CT molecular complexity index is 532. The fourth-order valence-electron chi connectivity index (χ4n) is 2.25. The van der Waals surface area contributed by atoms with Crippen LogP contribution in [-0.2, 0) is 5.41 Å². The van der Waals surface area contributed by atoms with Crippen molar-refractivity contribution in [2.24, 2.45) is 11.3 Å². The Morgan fingerprint density at radius 3 is 2.55 bits per heavy atom.